The van der Waals surface area contributed by atoms with Crippen LogP contribution in [0.2, 0.25) is 0 Å². The van der Waals surface area contributed by atoms with Gasteiger partial charge in [-0.1, -0.05) is 26.2 Å². The molecule has 0 amide bonds. The molecule has 0 aromatic heterocycles. The summed E-state index contributed by atoms with van der Waals surface area (Å²) < 4.78 is 5.56. The highest BCUT2D eigenvalue weighted by molar-refractivity contribution is 14.0. The fourth-order valence-electron chi connectivity index (χ4n) is 4.39. The lowest BCUT2D eigenvalue weighted by molar-refractivity contribution is -0.0334. The smallest absolute Gasteiger partial charge is 0.191 e. The summed E-state index contributed by atoms with van der Waals surface area (Å²) >= 11 is 0. The number of halogens is 1. The second kappa shape index (κ2) is 9.57. The molecule has 6 heteroatoms. The lowest BCUT2D eigenvalue weighted by atomic mass is 9.80. The van der Waals surface area contributed by atoms with Gasteiger partial charge in [0.25, 0.3) is 0 Å². The van der Waals surface area contributed by atoms with E-state index in [0.717, 1.165) is 57.8 Å². The summed E-state index contributed by atoms with van der Waals surface area (Å²) in [5, 5.41) is 0. The number of piperidine rings is 1. The van der Waals surface area contributed by atoms with Crippen molar-refractivity contribution in [3.05, 3.63) is 0 Å². The predicted octanol–water partition coefficient (Wildman–Crippen LogP) is 2.69. The number of rotatable bonds is 3. The first-order valence-electron chi connectivity index (χ1n) is 9.57. The van der Waals surface area contributed by atoms with Crippen LogP contribution in [0.4, 0.5) is 0 Å². The van der Waals surface area contributed by atoms with Crippen LogP contribution in [-0.4, -0.2) is 67.2 Å². The monoisotopic (exact) mass is 450 g/mol. The summed E-state index contributed by atoms with van der Waals surface area (Å²) in [7, 11) is 0. The molecule has 0 aromatic rings. The van der Waals surface area contributed by atoms with Crippen LogP contribution in [0.3, 0.4) is 0 Å². The van der Waals surface area contributed by atoms with Gasteiger partial charge in [0.1, 0.15) is 0 Å². The third-order valence-electron chi connectivity index (χ3n) is 6.11. The van der Waals surface area contributed by atoms with Crippen molar-refractivity contribution in [1.82, 2.24) is 9.80 Å². The number of likely N-dealkylation sites (tertiary alicyclic amines) is 1. The Morgan fingerprint density at radius 1 is 1.08 bits per heavy atom. The number of nitrogens with zero attached hydrogens (tertiary/aromatic N) is 3. The van der Waals surface area contributed by atoms with Gasteiger partial charge in [0, 0.05) is 31.7 Å². The van der Waals surface area contributed by atoms with Gasteiger partial charge in [0.05, 0.1) is 19.8 Å². The molecule has 3 fully saturated rings. The zero-order valence-corrected chi connectivity index (χ0v) is 17.5. The van der Waals surface area contributed by atoms with E-state index in [0.29, 0.717) is 0 Å². The number of guanidine groups is 1. The van der Waals surface area contributed by atoms with E-state index in [1.54, 1.807) is 0 Å². The molecule has 0 aromatic carbocycles. The normalized spacial score (nSPS) is 26.9. The van der Waals surface area contributed by atoms with E-state index in [9.17, 15) is 0 Å². The van der Waals surface area contributed by atoms with Crippen LogP contribution in [0.15, 0.2) is 4.99 Å². The molecule has 2 saturated heterocycles. The minimum absolute atomic E-state index is 0. The molecule has 2 N–H and O–H groups in total. The Bertz CT molecular complexity index is 398. The Balaban J connectivity index is 0.00000208. The highest BCUT2D eigenvalue weighted by atomic mass is 127. The number of morpholine rings is 1. The number of hydrogen-bond donors (Lipinski definition) is 1. The van der Waals surface area contributed by atoms with E-state index in [1.165, 1.54) is 44.9 Å². The van der Waals surface area contributed by atoms with Crippen molar-refractivity contribution < 1.29 is 4.74 Å². The van der Waals surface area contributed by atoms with Gasteiger partial charge in [-0.2, -0.15) is 0 Å². The molecule has 3 rings (SSSR count). The zero-order valence-electron chi connectivity index (χ0n) is 15.2. The molecule has 0 unspecified atom stereocenters. The lowest BCUT2D eigenvalue weighted by Gasteiger charge is -2.47. The van der Waals surface area contributed by atoms with Crippen molar-refractivity contribution in [3.63, 3.8) is 0 Å². The van der Waals surface area contributed by atoms with Crippen LogP contribution in [-0.2, 0) is 4.74 Å². The van der Waals surface area contributed by atoms with Crippen molar-refractivity contribution in [2.45, 2.75) is 57.4 Å². The van der Waals surface area contributed by atoms with Crippen molar-refractivity contribution in [2.24, 2.45) is 16.6 Å². The molecular formula is C18H35IN4O. The van der Waals surface area contributed by atoms with Crippen LogP contribution in [0.25, 0.3) is 0 Å². The Morgan fingerprint density at radius 2 is 1.71 bits per heavy atom. The van der Waals surface area contributed by atoms with E-state index in [-0.39, 0.29) is 29.5 Å². The molecule has 5 nitrogen and oxygen atoms in total. The maximum absolute atomic E-state index is 6.33. The number of hydrogen-bond acceptors (Lipinski definition) is 3. The van der Waals surface area contributed by atoms with Gasteiger partial charge in [-0.05, 0) is 31.6 Å². The molecule has 2 heterocycles. The fourth-order valence-corrected chi connectivity index (χ4v) is 4.39. The van der Waals surface area contributed by atoms with Gasteiger partial charge >= 0.3 is 0 Å². The average Bonchev–Trinajstić information content (AvgIpc) is 2.62. The Kier molecular flexibility index (Phi) is 8.07. The highest BCUT2D eigenvalue weighted by Crippen LogP contribution is 2.34. The van der Waals surface area contributed by atoms with E-state index < -0.39 is 0 Å². The summed E-state index contributed by atoms with van der Waals surface area (Å²) in [4.78, 5) is 9.81. The average molecular weight is 450 g/mol. The Labute approximate surface area is 164 Å². The number of ether oxygens (including phenoxy) is 1. The summed E-state index contributed by atoms with van der Waals surface area (Å²) in [6.07, 6.45) is 9.04. The van der Waals surface area contributed by atoms with Crippen LogP contribution in [0.1, 0.15) is 51.9 Å². The molecule has 2 aliphatic heterocycles. The zero-order chi connectivity index (χ0) is 16.1. The van der Waals surface area contributed by atoms with Gasteiger partial charge in [-0.3, -0.25) is 9.89 Å². The standard InChI is InChI=1S/C18H34N4O.HI/c1-16-5-9-21(10-6-16)17(19)20-15-18(7-3-2-4-8-18)22-11-13-23-14-12-22;/h16H,2-15H2,1H3,(H2,19,20);1H. The minimum atomic E-state index is 0. The number of nitrogens with two attached hydrogens (primary N) is 1. The van der Waals surface area contributed by atoms with Crippen molar-refractivity contribution in [2.75, 3.05) is 45.9 Å². The van der Waals surface area contributed by atoms with Gasteiger partial charge < -0.3 is 15.4 Å². The minimum Gasteiger partial charge on any atom is -0.379 e. The van der Waals surface area contributed by atoms with E-state index >= 15 is 0 Å². The molecule has 140 valence electrons. The molecular weight excluding hydrogens is 415 g/mol. The second-order valence-electron chi connectivity index (χ2n) is 7.73. The van der Waals surface area contributed by atoms with Crippen molar-refractivity contribution in [1.29, 1.82) is 0 Å². The quantitative estimate of drug-likeness (QED) is 0.408. The largest absolute Gasteiger partial charge is 0.379 e. The van der Waals surface area contributed by atoms with Gasteiger partial charge in [-0.15, -0.1) is 24.0 Å². The van der Waals surface area contributed by atoms with Crippen molar-refractivity contribution >= 4 is 29.9 Å². The van der Waals surface area contributed by atoms with E-state index in [2.05, 4.69) is 16.7 Å². The van der Waals surface area contributed by atoms with Gasteiger partial charge in [0.2, 0.25) is 0 Å². The van der Waals surface area contributed by atoms with Gasteiger partial charge in [0.15, 0.2) is 5.96 Å². The SMILES string of the molecule is CC1CCN(C(N)=NCC2(N3CCOCC3)CCCCC2)CC1.I. The summed E-state index contributed by atoms with van der Waals surface area (Å²) in [5.41, 5.74) is 6.56. The first-order chi connectivity index (χ1) is 11.2. The molecule has 1 saturated carbocycles. The lowest BCUT2D eigenvalue weighted by Crippen LogP contribution is -2.56. The van der Waals surface area contributed by atoms with E-state index in [4.69, 9.17) is 15.5 Å². The van der Waals surface area contributed by atoms with Crippen LogP contribution in [0, 0.1) is 5.92 Å². The number of aliphatic imine (C=N–C) groups is 1. The first-order valence-corrected chi connectivity index (χ1v) is 9.57. The summed E-state index contributed by atoms with van der Waals surface area (Å²) in [5.74, 6) is 1.60. The Morgan fingerprint density at radius 3 is 2.33 bits per heavy atom. The van der Waals surface area contributed by atoms with E-state index in [1.807, 2.05) is 0 Å². The molecule has 24 heavy (non-hydrogen) atoms. The van der Waals surface area contributed by atoms with Crippen LogP contribution < -0.4 is 5.73 Å². The molecule has 0 spiro atoms. The fraction of sp³-hybridized carbons (Fsp3) is 0.944. The summed E-state index contributed by atoms with van der Waals surface area (Å²) in [6.45, 7) is 9.18. The maximum Gasteiger partial charge on any atom is 0.191 e. The van der Waals surface area contributed by atoms with Gasteiger partial charge in [-0.25, -0.2) is 0 Å². The molecule has 0 atom stereocenters. The first kappa shape index (κ1) is 20.2. The van der Waals surface area contributed by atoms with Crippen LogP contribution in [0.5, 0.6) is 0 Å². The summed E-state index contributed by atoms with van der Waals surface area (Å²) in [6, 6.07) is 0. The molecule has 0 bridgehead atoms. The van der Waals surface area contributed by atoms with Crippen molar-refractivity contribution in [3.8, 4) is 0 Å². The Hall–Kier alpha value is -0.0800. The third kappa shape index (κ3) is 4.97. The third-order valence-corrected chi connectivity index (χ3v) is 6.11. The molecule has 0 radical (unpaired) electrons. The topological polar surface area (TPSA) is 54.1 Å². The molecule has 1 aliphatic carbocycles. The maximum atomic E-state index is 6.33. The highest BCUT2D eigenvalue weighted by Gasteiger charge is 2.38. The molecule has 3 aliphatic rings. The second-order valence-corrected chi connectivity index (χ2v) is 7.73. The van der Waals surface area contributed by atoms with Crippen LogP contribution >= 0.6 is 24.0 Å². The predicted molar refractivity (Wildman–Crippen MR) is 110 cm³/mol.